The molecule has 0 bridgehead atoms. The zero-order valence-electron chi connectivity index (χ0n) is 13.7. The number of anilines is 2. The third-order valence-corrected chi connectivity index (χ3v) is 4.33. The van der Waals surface area contributed by atoms with Gasteiger partial charge in [-0.2, -0.15) is 0 Å². The number of hydrogen-bond acceptors (Lipinski definition) is 5. The summed E-state index contributed by atoms with van der Waals surface area (Å²) in [5, 5.41) is -0.448. The molecule has 1 aliphatic rings. The molecule has 1 aliphatic heterocycles. The number of aromatic nitrogens is 2. The minimum Gasteiger partial charge on any atom is -0.383 e. The van der Waals surface area contributed by atoms with E-state index in [0.29, 0.717) is 18.8 Å². The van der Waals surface area contributed by atoms with Gasteiger partial charge in [0.2, 0.25) is 0 Å². The normalized spacial score (nSPS) is 14.8. The van der Waals surface area contributed by atoms with E-state index >= 15 is 4.39 Å². The van der Waals surface area contributed by atoms with Crippen molar-refractivity contribution in [2.45, 2.75) is 0 Å². The molecule has 1 fully saturated rings. The molecule has 2 N–H and O–H groups in total. The molecule has 0 unspecified atom stereocenters. The lowest BCUT2D eigenvalue weighted by Gasteiger charge is -2.29. The van der Waals surface area contributed by atoms with Crippen LogP contribution >= 0.6 is 0 Å². The number of ether oxygens (including phenoxy) is 1. The Bertz CT molecular complexity index is 976. The number of nitrogens with zero attached hydrogens (tertiary/aromatic N) is 3. The Hall–Kier alpha value is -2.87. The van der Waals surface area contributed by atoms with E-state index in [4.69, 9.17) is 10.5 Å². The van der Waals surface area contributed by atoms with E-state index in [1.165, 1.54) is 4.90 Å². The Morgan fingerprint density at radius 2 is 1.62 bits per heavy atom. The van der Waals surface area contributed by atoms with Crippen LogP contribution in [0.4, 0.5) is 24.7 Å². The third kappa shape index (κ3) is 2.62. The molecule has 2 heterocycles. The van der Waals surface area contributed by atoms with Gasteiger partial charge in [0.25, 0.3) is 0 Å². The minimum absolute atomic E-state index is 0.147. The predicted molar refractivity (Wildman–Crippen MR) is 92.3 cm³/mol. The first-order valence-electron chi connectivity index (χ1n) is 8.09. The molecule has 0 spiro atoms. The van der Waals surface area contributed by atoms with E-state index in [2.05, 4.69) is 9.97 Å². The molecule has 8 heteroatoms. The van der Waals surface area contributed by atoms with Crippen LogP contribution < -0.4 is 10.6 Å². The largest absolute Gasteiger partial charge is 0.383 e. The van der Waals surface area contributed by atoms with Gasteiger partial charge in [-0.15, -0.1) is 0 Å². The van der Waals surface area contributed by atoms with Gasteiger partial charge in [-0.25, -0.2) is 23.1 Å². The van der Waals surface area contributed by atoms with Crippen LogP contribution in [0.25, 0.3) is 22.3 Å². The molecule has 1 saturated heterocycles. The van der Waals surface area contributed by atoms with Gasteiger partial charge in [-0.05, 0) is 0 Å². The van der Waals surface area contributed by atoms with Crippen LogP contribution in [0.2, 0.25) is 0 Å². The summed E-state index contributed by atoms with van der Waals surface area (Å²) < 4.78 is 49.5. The minimum atomic E-state index is -1.29. The molecule has 0 radical (unpaired) electrons. The highest BCUT2D eigenvalue weighted by molar-refractivity contribution is 5.93. The highest BCUT2D eigenvalue weighted by Crippen LogP contribution is 2.36. The van der Waals surface area contributed by atoms with Crippen molar-refractivity contribution in [2.24, 2.45) is 0 Å². The maximum Gasteiger partial charge on any atom is 0.186 e. The number of halogens is 3. The van der Waals surface area contributed by atoms with Crippen LogP contribution in [0, 0.1) is 17.5 Å². The lowest BCUT2D eigenvalue weighted by Crippen LogP contribution is -2.37. The van der Waals surface area contributed by atoms with Crippen molar-refractivity contribution in [2.75, 3.05) is 36.9 Å². The van der Waals surface area contributed by atoms with Gasteiger partial charge in [0.05, 0.1) is 18.6 Å². The van der Waals surface area contributed by atoms with Crippen molar-refractivity contribution in [3.63, 3.8) is 0 Å². The van der Waals surface area contributed by atoms with Gasteiger partial charge in [-0.3, -0.25) is 0 Å². The van der Waals surface area contributed by atoms with E-state index in [9.17, 15) is 8.78 Å². The van der Waals surface area contributed by atoms with Gasteiger partial charge in [0.1, 0.15) is 17.0 Å². The van der Waals surface area contributed by atoms with Crippen molar-refractivity contribution in [3.05, 3.63) is 47.8 Å². The molecule has 0 atom stereocenters. The number of nitrogen functional groups attached to an aromatic ring is 1. The molecule has 0 saturated carbocycles. The standard InChI is InChI=1S/C18H15F3N4O/c19-12-11-15(14(21)16(13(12)20)25-6-8-26-9-7-25)23-18(24-17(11)22)10-4-2-1-3-5-10/h1-5H,6-9H2,(H2,22,23,24). The summed E-state index contributed by atoms with van der Waals surface area (Å²) in [5.74, 6) is -3.65. The van der Waals surface area contributed by atoms with Gasteiger partial charge in [0.15, 0.2) is 23.3 Å². The lowest BCUT2D eigenvalue weighted by molar-refractivity contribution is 0.122. The molecule has 0 amide bonds. The highest BCUT2D eigenvalue weighted by atomic mass is 19.2. The molecule has 134 valence electrons. The molecule has 26 heavy (non-hydrogen) atoms. The summed E-state index contributed by atoms with van der Waals surface area (Å²) >= 11 is 0. The quantitative estimate of drug-likeness (QED) is 0.712. The molecule has 1 aromatic heterocycles. The van der Waals surface area contributed by atoms with Crippen molar-refractivity contribution in [1.29, 1.82) is 0 Å². The average Bonchev–Trinajstić information content (AvgIpc) is 2.67. The van der Waals surface area contributed by atoms with Crippen molar-refractivity contribution in [1.82, 2.24) is 9.97 Å². The SMILES string of the molecule is Nc1nc(-c2ccccc2)nc2c(F)c(N3CCOCC3)c(F)c(F)c12. The van der Waals surface area contributed by atoms with Crippen LogP contribution in [-0.2, 0) is 4.74 Å². The Kier molecular flexibility index (Phi) is 4.12. The summed E-state index contributed by atoms with van der Waals surface area (Å²) in [5.41, 5.74) is 5.61. The van der Waals surface area contributed by atoms with Crippen LogP contribution in [-0.4, -0.2) is 36.3 Å². The number of benzene rings is 2. The fourth-order valence-corrected chi connectivity index (χ4v) is 3.06. The van der Waals surface area contributed by atoms with E-state index in [0.717, 1.165) is 0 Å². The summed E-state index contributed by atoms with van der Waals surface area (Å²) in [6.07, 6.45) is 0. The molecule has 5 nitrogen and oxygen atoms in total. The molecule has 2 aromatic carbocycles. The molecule has 3 aromatic rings. The summed E-state index contributed by atoms with van der Waals surface area (Å²) in [6, 6.07) is 8.78. The molecular formula is C18H15F3N4O. The maximum atomic E-state index is 15.1. The van der Waals surface area contributed by atoms with Crippen LogP contribution in [0.3, 0.4) is 0 Å². The zero-order valence-corrected chi connectivity index (χ0v) is 13.7. The zero-order chi connectivity index (χ0) is 18.3. The van der Waals surface area contributed by atoms with E-state index in [-0.39, 0.29) is 30.2 Å². The fourth-order valence-electron chi connectivity index (χ4n) is 3.06. The predicted octanol–water partition coefficient (Wildman–Crippen LogP) is 3.13. The summed E-state index contributed by atoms with van der Waals surface area (Å²) in [6.45, 7) is 1.12. The average molecular weight is 360 g/mol. The molecule has 4 rings (SSSR count). The molecule has 0 aliphatic carbocycles. The highest BCUT2D eigenvalue weighted by Gasteiger charge is 2.28. The Balaban J connectivity index is 1.97. The second-order valence-corrected chi connectivity index (χ2v) is 5.91. The second kappa shape index (κ2) is 6.45. The van der Waals surface area contributed by atoms with E-state index < -0.39 is 28.5 Å². The van der Waals surface area contributed by atoms with E-state index in [1.54, 1.807) is 30.3 Å². The first-order chi connectivity index (χ1) is 12.6. The van der Waals surface area contributed by atoms with Gasteiger partial charge in [-0.1, -0.05) is 30.3 Å². The monoisotopic (exact) mass is 360 g/mol. The number of hydrogen-bond donors (Lipinski definition) is 1. The second-order valence-electron chi connectivity index (χ2n) is 5.91. The van der Waals surface area contributed by atoms with Crippen LogP contribution in [0.1, 0.15) is 0 Å². The Morgan fingerprint density at radius 1 is 0.923 bits per heavy atom. The summed E-state index contributed by atoms with van der Waals surface area (Å²) in [7, 11) is 0. The van der Waals surface area contributed by atoms with Gasteiger partial charge >= 0.3 is 0 Å². The number of nitrogens with two attached hydrogens (primary N) is 1. The van der Waals surface area contributed by atoms with Crippen LogP contribution in [0.15, 0.2) is 30.3 Å². The first kappa shape index (κ1) is 16.6. The maximum absolute atomic E-state index is 15.1. The van der Waals surface area contributed by atoms with Gasteiger partial charge in [0, 0.05) is 18.7 Å². The van der Waals surface area contributed by atoms with Crippen LogP contribution in [0.5, 0.6) is 0 Å². The Labute approximate surface area is 147 Å². The van der Waals surface area contributed by atoms with Crippen molar-refractivity contribution in [3.8, 4) is 11.4 Å². The Morgan fingerprint density at radius 3 is 2.31 bits per heavy atom. The smallest absolute Gasteiger partial charge is 0.186 e. The topological polar surface area (TPSA) is 64.3 Å². The number of fused-ring (bicyclic) bond motifs is 1. The van der Waals surface area contributed by atoms with E-state index in [1.807, 2.05) is 0 Å². The van der Waals surface area contributed by atoms with Crippen molar-refractivity contribution < 1.29 is 17.9 Å². The first-order valence-corrected chi connectivity index (χ1v) is 8.09. The molecular weight excluding hydrogens is 345 g/mol. The lowest BCUT2D eigenvalue weighted by atomic mass is 10.1. The fraction of sp³-hybridized carbons (Fsp3) is 0.222. The number of morpholine rings is 1. The summed E-state index contributed by atoms with van der Waals surface area (Å²) in [4.78, 5) is 9.56. The number of rotatable bonds is 2. The van der Waals surface area contributed by atoms with Crippen molar-refractivity contribution >= 4 is 22.4 Å². The third-order valence-electron chi connectivity index (χ3n) is 4.33. The van der Waals surface area contributed by atoms with Gasteiger partial charge < -0.3 is 15.4 Å².